The number of amides is 1. The van der Waals surface area contributed by atoms with Gasteiger partial charge in [-0.25, -0.2) is 0 Å². The fourth-order valence-electron chi connectivity index (χ4n) is 1.64. The Morgan fingerprint density at radius 1 is 1.40 bits per heavy atom. The second kappa shape index (κ2) is 9.48. The van der Waals surface area contributed by atoms with Gasteiger partial charge in [0.2, 0.25) is 5.91 Å². The van der Waals surface area contributed by atoms with Gasteiger partial charge in [-0.15, -0.1) is 0 Å². The molecule has 20 heavy (non-hydrogen) atoms. The molecule has 0 bridgehead atoms. The van der Waals surface area contributed by atoms with E-state index in [0.717, 1.165) is 10.2 Å². The zero-order valence-electron chi connectivity index (χ0n) is 11.4. The maximum absolute atomic E-state index is 11.9. The number of carbonyl (C=O) groups excluding carboxylic acids is 1. The summed E-state index contributed by atoms with van der Waals surface area (Å²) in [4.78, 5) is 13.8. The van der Waals surface area contributed by atoms with Crippen molar-refractivity contribution in [3.8, 4) is 6.07 Å². The van der Waals surface area contributed by atoms with E-state index in [9.17, 15) is 4.79 Å². The smallest absolute Gasteiger partial charge is 0.238 e. The normalized spacial score (nSPS) is 10.3. The van der Waals surface area contributed by atoms with Crippen LogP contribution in [0.15, 0.2) is 28.7 Å². The number of nitriles is 1. The molecule has 0 saturated carbocycles. The largest absolute Gasteiger partial charge is 0.383 e. The molecule has 1 amide bonds. The Kier molecular flexibility index (Phi) is 7.88. The second-order valence-corrected chi connectivity index (χ2v) is 5.15. The molecule has 1 rings (SSSR count). The first-order valence-electron chi connectivity index (χ1n) is 6.29. The van der Waals surface area contributed by atoms with Gasteiger partial charge in [0.15, 0.2) is 0 Å². The summed E-state index contributed by atoms with van der Waals surface area (Å²) in [7, 11) is 1.62. The molecule has 0 aliphatic rings. The van der Waals surface area contributed by atoms with Crippen LogP contribution in [0.25, 0.3) is 0 Å². The number of ether oxygens (including phenoxy) is 1. The Hall–Kier alpha value is -1.42. The van der Waals surface area contributed by atoms with Gasteiger partial charge < -0.3 is 10.1 Å². The molecular weight excluding hydrogens is 322 g/mol. The Balaban J connectivity index is 2.47. The third-order valence-corrected chi connectivity index (χ3v) is 3.18. The lowest BCUT2D eigenvalue weighted by atomic mass is 10.3. The zero-order valence-corrected chi connectivity index (χ0v) is 13.0. The molecule has 0 saturated heterocycles. The minimum Gasteiger partial charge on any atom is -0.383 e. The Bertz CT molecular complexity index is 456. The number of nitrogens with zero attached hydrogens (tertiary/aromatic N) is 2. The van der Waals surface area contributed by atoms with Gasteiger partial charge in [-0.1, -0.05) is 15.9 Å². The Labute approximate surface area is 127 Å². The van der Waals surface area contributed by atoms with Crippen molar-refractivity contribution in [3.05, 3.63) is 28.7 Å². The molecule has 0 fully saturated rings. The van der Waals surface area contributed by atoms with Gasteiger partial charge in [0.25, 0.3) is 0 Å². The van der Waals surface area contributed by atoms with Crippen LogP contribution in [0.3, 0.4) is 0 Å². The average Bonchev–Trinajstić information content (AvgIpc) is 2.44. The minimum absolute atomic E-state index is 0.0960. The molecule has 0 heterocycles. The number of carbonyl (C=O) groups is 1. The molecule has 0 atom stereocenters. The molecule has 1 aromatic carbocycles. The van der Waals surface area contributed by atoms with E-state index in [2.05, 4.69) is 27.3 Å². The van der Waals surface area contributed by atoms with E-state index >= 15 is 0 Å². The molecule has 0 aliphatic heterocycles. The maximum atomic E-state index is 11.9. The van der Waals surface area contributed by atoms with Crippen LogP contribution in [-0.2, 0) is 9.53 Å². The summed E-state index contributed by atoms with van der Waals surface area (Å²) in [5.41, 5.74) is 0.755. The molecule has 0 spiro atoms. The number of halogens is 1. The summed E-state index contributed by atoms with van der Waals surface area (Å²) in [5, 5.41) is 11.5. The van der Waals surface area contributed by atoms with Crippen LogP contribution in [0.2, 0.25) is 0 Å². The van der Waals surface area contributed by atoms with E-state index in [1.807, 2.05) is 29.2 Å². The minimum atomic E-state index is -0.0960. The van der Waals surface area contributed by atoms with Crippen molar-refractivity contribution in [2.45, 2.75) is 6.42 Å². The van der Waals surface area contributed by atoms with Crippen molar-refractivity contribution < 1.29 is 9.53 Å². The SMILES string of the molecule is COCCN(CCC#N)CC(=O)Nc1ccc(Br)cc1. The lowest BCUT2D eigenvalue weighted by molar-refractivity contribution is -0.117. The lowest BCUT2D eigenvalue weighted by Gasteiger charge is -2.20. The Morgan fingerprint density at radius 2 is 2.10 bits per heavy atom. The van der Waals surface area contributed by atoms with Gasteiger partial charge in [0, 0.05) is 36.8 Å². The van der Waals surface area contributed by atoms with E-state index in [4.69, 9.17) is 10.00 Å². The van der Waals surface area contributed by atoms with Gasteiger partial charge in [0.1, 0.15) is 0 Å². The third-order valence-electron chi connectivity index (χ3n) is 2.65. The van der Waals surface area contributed by atoms with Gasteiger partial charge in [-0.3, -0.25) is 9.69 Å². The summed E-state index contributed by atoms with van der Waals surface area (Å²) in [6, 6.07) is 9.48. The predicted molar refractivity (Wildman–Crippen MR) is 81.3 cm³/mol. The first kappa shape index (κ1) is 16.6. The van der Waals surface area contributed by atoms with E-state index in [1.165, 1.54) is 0 Å². The molecule has 108 valence electrons. The van der Waals surface area contributed by atoms with Crippen molar-refractivity contribution >= 4 is 27.5 Å². The molecule has 6 heteroatoms. The van der Waals surface area contributed by atoms with Crippen LogP contribution in [0, 0.1) is 11.3 Å². The molecule has 5 nitrogen and oxygen atoms in total. The highest BCUT2D eigenvalue weighted by molar-refractivity contribution is 9.10. The summed E-state index contributed by atoms with van der Waals surface area (Å²) in [6.07, 6.45) is 0.398. The van der Waals surface area contributed by atoms with Crippen LogP contribution in [0.1, 0.15) is 6.42 Å². The molecule has 0 aliphatic carbocycles. The van der Waals surface area contributed by atoms with E-state index < -0.39 is 0 Å². The average molecular weight is 340 g/mol. The van der Waals surface area contributed by atoms with Crippen LogP contribution >= 0.6 is 15.9 Å². The van der Waals surface area contributed by atoms with Crippen molar-refractivity contribution in [1.82, 2.24) is 4.90 Å². The van der Waals surface area contributed by atoms with Gasteiger partial charge in [0.05, 0.1) is 19.2 Å². The first-order chi connectivity index (χ1) is 9.65. The first-order valence-corrected chi connectivity index (χ1v) is 7.08. The zero-order chi connectivity index (χ0) is 14.8. The number of nitrogens with one attached hydrogen (secondary N) is 1. The van der Waals surface area contributed by atoms with E-state index in [1.54, 1.807) is 7.11 Å². The number of hydrogen-bond donors (Lipinski definition) is 1. The monoisotopic (exact) mass is 339 g/mol. The number of methoxy groups -OCH3 is 1. The van der Waals surface area contributed by atoms with E-state index in [-0.39, 0.29) is 12.5 Å². The molecule has 0 unspecified atom stereocenters. The number of benzene rings is 1. The summed E-state index contributed by atoms with van der Waals surface area (Å²) >= 11 is 3.34. The number of rotatable bonds is 8. The highest BCUT2D eigenvalue weighted by Crippen LogP contribution is 2.13. The van der Waals surface area contributed by atoms with Crippen LogP contribution in [0.5, 0.6) is 0 Å². The molecule has 0 aromatic heterocycles. The van der Waals surface area contributed by atoms with E-state index in [0.29, 0.717) is 26.1 Å². The third kappa shape index (κ3) is 6.66. The number of anilines is 1. The van der Waals surface area contributed by atoms with Gasteiger partial charge >= 0.3 is 0 Å². The summed E-state index contributed by atoms with van der Waals surface area (Å²) in [5.74, 6) is -0.0960. The fraction of sp³-hybridized carbons (Fsp3) is 0.429. The summed E-state index contributed by atoms with van der Waals surface area (Å²) < 4.78 is 5.97. The van der Waals surface area contributed by atoms with Crippen molar-refractivity contribution in [2.24, 2.45) is 0 Å². The standard InChI is InChI=1S/C14H18BrN3O2/c1-20-10-9-18(8-2-7-16)11-14(19)17-13-5-3-12(15)4-6-13/h3-6H,2,8-11H2,1H3,(H,17,19). The van der Waals surface area contributed by atoms with Crippen LogP contribution < -0.4 is 5.32 Å². The van der Waals surface area contributed by atoms with Crippen molar-refractivity contribution in [1.29, 1.82) is 5.26 Å². The lowest BCUT2D eigenvalue weighted by Crippen LogP contribution is -2.36. The van der Waals surface area contributed by atoms with Crippen molar-refractivity contribution in [3.63, 3.8) is 0 Å². The molecule has 1 N–H and O–H groups in total. The predicted octanol–water partition coefficient (Wildman–Crippen LogP) is 2.25. The second-order valence-electron chi connectivity index (χ2n) is 4.23. The topological polar surface area (TPSA) is 65.4 Å². The Morgan fingerprint density at radius 3 is 2.70 bits per heavy atom. The van der Waals surface area contributed by atoms with Gasteiger partial charge in [-0.2, -0.15) is 5.26 Å². The highest BCUT2D eigenvalue weighted by Gasteiger charge is 2.10. The molecule has 1 aromatic rings. The molecular formula is C14H18BrN3O2. The quantitative estimate of drug-likeness (QED) is 0.788. The van der Waals surface area contributed by atoms with Crippen molar-refractivity contribution in [2.75, 3.05) is 38.7 Å². The summed E-state index contributed by atoms with van der Waals surface area (Å²) in [6.45, 7) is 1.98. The number of hydrogen-bond acceptors (Lipinski definition) is 4. The molecule has 0 radical (unpaired) electrons. The fourth-order valence-corrected chi connectivity index (χ4v) is 1.90. The van der Waals surface area contributed by atoms with Gasteiger partial charge in [-0.05, 0) is 24.3 Å². The van der Waals surface area contributed by atoms with Crippen LogP contribution in [0.4, 0.5) is 5.69 Å². The highest BCUT2D eigenvalue weighted by atomic mass is 79.9. The van der Waals surface area contributed by atoms with Crippen LogP contribution in [-0.4, -0.2) is 44.2 Å². The maximum Gasteiger partial charge on any atom is 0.238 e.